The Hall–Kier alpha value is -1.70. The number of sulfone groups is 1. The standard InChI is InChI=1S/C21H27ClN2O3S2/c1-4-6-8-15(7-5-2)13-18(20(25)24-21-23-14-19(22)28-21)16-9-11-17(12-10-16)29(3,26)27/h9-15H,4-8H2,1-3H3,(H,23,24,25)/b18-13+. The molecule has 1 N–H and O–H groups in total. The molecule has 0 saturated carbocycles. The lowest BCUT2D eigenvalue weighted by Crippen LogP contribution is -2.15. The van der Waals surface area contributed by atoms with E-state index in [1.165, 1.54) is 35.9 Å². The molecule has 0 aliphatic rings. The van der Waals surface area contributed by atoms with E-state index in [1.807, 2.05) is 6.08 Å². The van der Waals surface area contributed by atoms with Crippen molar-refractivity contribution in [3.63, 3.8) is 0 Å². The molecule has 0 spiro atoms. The summed E-state index contributed by atoms with van der Waals surface area (Å²) in [6.07, 6.45) is 9.87. The third-order valence-electron chi connectivity index (χ3n) is 4.53. The zero-order chi connectivity index (χ0) is 21.4. The molecule has 0 fully saturated rings. The highest BCUT2D eigenvalue weighted by molar-refractivity contribution is 7.90. The molecule has 0 radical (unpaired) electrons. The van der Waals surface area contributed by atoms with Crippen molar-refractivity contribution in [2.75, 3.05) is 11.6 Å². The Morgan fingerprint density at radius 1 is 1.21 bits per heavy atom. The Morgan fingerprint density at radius 3 is 2.41 bits per heavy atom. The van der Waals surface area contributed by atoms with Crippen molar-refractivity contribution in [2.45, 2.75) is 50.8 Å². The smallest absolute Gasteiger partial charge is 0.257 e. The van der Waals surface area contributed by atoms with E-state index in [0.29, 0.717) is 20.6 Å². The van der Waals surface area contributed by atoms with Crippen molar-refractivity contribution in [1.82, 2.24) is 4.98 Å². The number of hydrogen-bond acceptors (Lipinski definition) is 5. The summed E-state index contributed by atoms with van der Waals surface area (Å²) in [7, 11) is -3.30. The summed E-state index contributed by atoms with van der Waals surface area (Å²) in [6.45, 7) is 4.28. The second-order valence-electron chi connectivity index (χ2n) is 6.99. The molecule has 158 valence electrons. The zero-order valence-corrected chi connectivity index (χ0v) is 19.3. The van der Waals surface area contributed by atoms with Gasteiger partial charge in [-0.3, -0.25) is 10.1 Å². The van der Waals surface area contributed by atoms with Gasteiger partial charge in [0.2, 0.25) is 0 Å². The van der Waals surface area contributed by atoms with Crippen LogP contribution in [0.5, 0.6) is 0 Å². The van der Waals surface area contributed by atoms with Gasteiger partial charge in [0.15, 0.2) is 15.0 Å². The third-order valence-corrected chi connectivity index (χ3v) is 6.69. The fraction of sp³-hybridized carbons (Fsp3) is 0.429. The maximum absolute atomic E-state index is 13.0. The van der Waals surface area contributed by atoms with Gasteiger partial charge in [-0.05, 0) is 36.5 Å². The van der Waals surface area contributed by atoms with Crippen LogP contribution in [-0.2, 0) is 14.6 Å². The molecular formula is C21H27ClN2O3S2. The van der Waals surface area contributed by atoms with Crippen molar-refractivity contribution in [3.8, 4) is 0 Å². The first-order valence-corrected chi connectivity index (χ1v) is 12.8. The first kappa shape index (κ1) is 23.6. The second kappa shape index (κ2) is 10.9. The van der Waals surface area contributed by atoms with Crippen LogP contribution in [0.4, 0.5) is 5.13 Å². The van der Waals surface area contributed by atoms with E-state index in [4.69, 9.17) is 11.6 Å². The van der Waals surface area contributed by atoms with Gasteiger partial charge < -0.3 is 0 Å². The summed E-state index contributed by atoms with van der Waals surface area (Å²) in [5, 5.41) is 3.24. The first-order chi connectivity index (χ1) is 13.7. The van der Waals surface area contributed by atoms with Crippen molar-refractivity contribution >= 4 is 49.4 Å². The van der Waals surface area contributed by atoms with E-state index in [1.54, 1.807) is 12.1 Å². The maximum atomic E-state index is 13.0. The Bertz CT molecular complexity index is 951. The molecular weight excluding hydrogens is 428 g/mol. The molecule has 2 aromatic rings. The highest BCUT2D eigenvalue weighted by Crippen LogP contribution is 2.27. The topological polar surface area (TPSA) is 76.1 Å². The number of carbonyl (C=O) groups is 1. The number of benzene rings is 1. The predicted molar refractivity (Wildman–Crippen MR) is 121 cm³/mol. The molecule has 1 heterocycles. The number of rotatable bonds is 10. The van der Waals surface area contributed by atoms with Crippen LogP contribution in [0.1, 0.15) is 51.5 Å². The van der Waals surface area contributed by atoms with Crippen LogP contribution < -0.4 is 5.32 Å². The normalized spacial score (nSPS) is 13.3. The minimum atomic E-state index is -3.30. The number of nitrogens with one attached hydrogen (secondary N) is 1. The lowest BCUT2D eigenvalue weighted by molar-refractivity contribution is -0.111. The van der Waals surface area contributed by atoms with E-state index in [2.05, 4.69) is 24.1 Å². The quantitative estimate of drug-likeness (QED) is 0.458. The van der Waals surface area contributed by atoms with Crippen LogP contribution in [0.25, 0.3) is 5.57 Å². The molecule has 1 aromatic heterocycles. The average molecular weight is 455 g/mol. The van der Waals surface area contributed by atoms with Crippen molar-refractivity contribution in [3.05, 3.63) is 46.4 Å². The largest absolute Gasteiger partial charge is 0.298 e. The monoisotopic (exact) mass is 454 g/mol. The highest BCUT2D eigenvalue weighted by Gasteiger charge is 2.18. The average Bonchev–Trinajstić information content (AvgIpc) is 3.08. The van der Waals surface area contributed by atoms with E-state index in [9.17, 15) is 13.2 Å². The van der Waals surface area contributed by atoms with E-state index in [0.717, 1.165) is 32.1 Å². The van der Waals surface area contributed by atoms with Gasteiger partial charge in [0, 0.05) is 11.8 Å². The SMILES string of the molecule is CCCCC(/C=C(/C(=O)Nc1ncc(Cl)s1)c1ccc(S(C)(=O)=O)cc1)CCC. The Balaban J connectivity index is 2.40. The number of halogens is 1. The summed E-state index contributed by atoms with van der Waals surface area (Å²) in [4.78, 5) is 17.4. The fourth-order valence-corrected chi connectivity index (χ4v) is 4.48. The van der Waals surface area contributed by atoms with Crippen LogP contribution in [0.2, 0.25) is 4.34 Å². The van der Waals surface area contributed by atoms with Gasteiger partial charge in [0.25, 0.3) is 5.91 Å². The minimum absolute atomic E-state index is 0.226. The summed E-state index contributed by atoms with van der Waals surface area (Å²) in [5.41, 5.74) is 1.20. The molecule has 0 saturated heterocycles. The van der Waals surface area contributed by atoms with Gasteiger partial charge in [0.05, 0.1) is 11.1 Å². The number of unbranched alkanes of at least 4 members (excludes halogenated alkanes) is 1. The molecule has 1 aromatic carbocycles. The van der Waals surface area contributed by atoms with Crippen LogP contribution in [0.3, 0.4) is 0 Å². The summed E-state index contributed by atoms with van der Waals surface area (Å²) in [5.74, 6) is -0.00380. The number of anilines is 1. The zero-order valence-electron chi connectivity index (χ0n) is 16.9. The lowest BCUT2D eigenvalue weighted by atomic mass is 9.92. The van der Waals surface area contributed by atoms with Crippen molar-refractivity contribution < 1.29 is 13.2 Å². The van der Waals surface area contributed by atoms with E-state index >= 15 is 0 Å². The van der Waals surface area contributed by atoms with Gasteiger partial charge in [-0.15, -0.1) is 0 Å². The molecule has 0 aliphatic heterocycles. The second-order valence-corrected chi connectivity index (χ2v) is 10.7. The molecule has 2 rings (SSSR count). The van der Waals surface area contributed by atoms with Crippen LogP contribution in [0.15, 0.2) is 41.4 Å². The Labute approximate surface area is 182 Å². The molecule has 1 atom stereocenters. The number of thiazole rings is 1. The molecule has 1 amide bonds. The summed E-state index contributed by atoms with van der Waals surface area (Å²) in [6, 6.07) is 6.43. The number of allylic oxidation sites excluding steroid dienone is 1. The van der Waals surface area contributed by atoms with Gasteiger partial charge in [-0.1, -0.05) is 74.3 Å². The summed E-state index contributed by atoms with van der Waals surface area (Å²) < 4.78 is 24.0. The molecule has 29 heavy (non-hydrogen) atoms. The number of aromatic nitrogens is 1. The van der Waals surface area contributed by atoms with Crippen LogP contribution in [-0.4, -0.2) is 25.6 Å². The molecule has 1 unspecified atom stereocenters. The van der Waals surface area contributed by atoms with E-state index < -0.39 is 9.84 Å². The molecule has 0 aliphatic carbocycles. The Morgan fingerprint density at radius 2 is 1.90 bits per heavy atom. The highest BCUT2D eigenvalue weighted by atomic mass is 35.5. The number of carbonyl (C=O) groups excluding carboxylic acids is 1. The van der Waals surface area contributed by atoms with Crippen LogP contribution >= 0.6 is 22.9 Å². The van der Waals surface area contributed by atoms with Crippen LogP contribution in [0, 0.1) is 5.92 Å². The van der Waals surface area contributed by atoms with Gasteiger partial charge in [-0.25, -0.2) is 13.4 Å². The molecule has 0 bridgehead atoms. The van der Waals surface area contributed by atoms with Crippen molar-refractivity contribution in [2.24, 2.45) is 5.92 Å². The van der Waals surface area contributed by atoms with Gasteiger partial charge in [-0.2, -0.15) is 0 Å². The maximum Gasteiger partial charge on any atom is 0.257 e. The predicted octanol–water partition coefficient (Wildman–Crippen LogP) is 5.83. The summed E-state index contributed by atoms with van der Waals surface area (Å²) >= 11 is 7.11. The van der Waals surface area contributed by atoms with E-state index in [-0.39, 0.29) is 16.7 Å². The molecule has 5 nitrogen and oxygen atoms in total. The fourth-order valence-electron chi connectivity index (χ4n) is 3.05. The third kappa shape index (κ3) is 7.24. The molecule has 8 heteroatoms. The Kier molecular flexibility index (Phi) is 8.86. The number of amides is 1. The number of hydrogen-bond donors (Lipinski definition) is 1. The first-order valence-electron chi connectivity index (χ1n) is 9.69. The number of nitrogens with zero attached hydrogens (tertiary/aromatic N) is 1. The van der Waals surface area contributed by atoms with Gasteiger partial charge >= 0.3 is 0 Å². The minimum Gasteiger partial charge on any atom is -0.298 e. The lowest BCUT2D eigenvalue weighted by Gasteiger charge is -2.15. The van der Waals surface area contributed by atoms with Crippen molar-refractivity contribution in [1.29, 1.82) is 0 Å². The van der Waals surface area contributed by atoms with Gasteiger partial charge in [0.1, 0.15) is 4.34 Å².